The molecule has 3 nitrogen and oxygen atoms in total. The largest absolute Gasteiger partial charge is 0.275 e. The third-order valence-corrected chi connectivity index (χ3v) is 2.47. The number of hydrogen-bond acceptors (Lipinski definition) is 3. The van der Waals surface area contributed by atoms with Gasteiger partial charge in [0.1, 0.15) is 3.70 Å². The van der Waals surface area contributed by atoms with Crippen molar-refractivity contribution in [1.82, 2.24) is 9.97 Å². The van der Waals surface area contributed by atoms with Crippen molar-refractivity contribution >= 4 is 62.0 Å². The van der Waals surface area contributed by atoms with Crippen LogP contribution in [0.15, 0.2) is 6.20 Å². The minimum absolute atomic E-state index is 0.354. The zero-order valence-electron chi connectivity index (χ0n) is 5.01. The van der Waals surface area contributed by atoms with Crippen molar-refractivity contribution in [3.8, 4) is 0 Å². The average molecular weight is 394 g/mol. The molecule has 1 heterocycles. The number of nitrogens with zero attached hydrogens (tertiary/aromatic N) is 2. The molecule has 0 N–H and O–H groups in total. The Bertz CT molecular complexity index is 305. The van der Waals surface area contributed by atoms with Gasteiger partial charge in [-0.15, -0.1) is 0 Å². The normalized spacial score (nSPS) is 9.73. The first-order valence-corrected chi connectivity index (χ1v) is 5.02. The fourth-order valence-electron chi connectivity index (χ4n) is 0.473. The van der Waals surface area contributed by atoms with Crippen LogP contribution in [0, 0.1) is 7.53 Å². The van der Waals surface area contributed by atoms with Gasteiger partial charge in [-0.05, 0) is 34.2 Å². The van der Waals surface area contributed by atoms with Gasteiger partial charge >= 0.3 is 0 Å². The molecule has 0 fully saturated rings. The van der Waals surface area contributed by atoms with Crippen LogP contribution in [0.4, 0.5) is 0 Å². The molecule has 0 radical (unpaired) electrons. The Morgan fingerprint density at radius 1 is 1.55 bits per heavy atom. The number of carbonyl (C=O) groups excluding carboxylic acids is 1. The first kappa shape index (κ1) is 9.59. The first-order chi connectivity index (χ1) is 5.11. The Balaban J connectivity index is 3.20. The Hall–Kier alpha value is 0.500. The summed E-state index contributed by atoms with van der Waals surface area (Å²) in [4.78, 5) is 18.4. The molecule has 1 rings (SSSR count). The Morgan fingerprint density at radius 2 is 2.18 bits per heavy atom. The number of rotatable bonds is 1. The van der Waals surface area contributed by atoms with E-state index in [1.807, 2.05) is 45.2 Å². The van der Waals surface area contributed by atoms with Gasteiger partial charge in [0.2, 0.25) is 0 Å². The lowest BCUT2D eigenvalue weighted by Crippen LogP contribution is -1.99. The number of halogens is 3. The van der Waals surface area contributed by atoms with Gasteiger partial charge in [-0.25, -0.2) is 9.97 Å². The Labute approximate surface area is 95.2 Å². The maximum atomic E-state index is 10.7. The summed E-state index contributed by atoms with van der Waals surface area (Å²) in [5.74, 6) is 0. The lowest BCUT2D eigenvalue weighted by Gasteiger charge is -1.95. The zero-order chi connectivity index (χ0) is 8.43. The van der Waals surface area contributed by atoms with Gasteiger partial charge < -0.3 is 0 Å². The maximum Gasteiger partial charge on any atom is 0.256 e. The van der Waals surface area contributed by atoms with Crippen LogP contribution in [0.1, 0.15) is 10.4 Å². The third-order valence-electron chi connectivity index (χ3n) is 0.925. The molecule has 0 saturated heterocycles. The molecule has 0 saturated carbocycles. The van der Waals surface area contributed by atoms with Crippen LogP contribution in [-0.2, 0) is 0 Å². The van der Waals surface area contributed by atoms with Gasteiger partial charge in [0.15, 0.2) is 3.83 Å². The Kier molecular flexibility index (Phi) is 3.44. The fourth-order valence-corrected chi connectivity index (χ4v) is 2.23. The summed E-state index contributed by atoms with van der Waals surface area (Å²) in [6, 6.07) is 0. The second-order valence-corrected chi connectivity index (χ2v) is 3.95. The number of hydrogen-bond donors (Lipinski definition) is 0. The molecule has 0 aromatic carbocycles. The predicted octanol–water partition coefficient (Wildman–Crippen LogP) is 2.06. The molecule has 11 heavy (non-hydrogen) atoms. The van der Waals surface area contributed by atoms with Crippen molar-refractivity contribution in [3.05, 3.63) is 19.3 Å². The van der Waals surface area contributed by atoms with Crippen molar-refractivity contribution in [1.29, 1.82) is 0 Å². The van der Waals surface area contributed by atoms with Crippen molar-refractivity contribution < 1.29 is 4.79 Å². The number of carbonyl (C=O) groups is 1. The molecule has 0 aliphatic rings. The van der Waals surface area contributed by atoms with Crippen molar-refractivity contribution in [3.63, 3.8) is 0 Å². The van der Waals surface area contributed by atoms with Crippen molar-refractivity contribution in [2.75, 3.05) is 0 Å². The van der Waals surface area contributed by atoms with E-state index in [4.69, 9.17) is 11.6 Å². The fraction of sp³-hybridized carbons (Fsp3) is 0. The quantitative estimate of drug-likeness (QED) is 0.317. The first-order valence-electron chi connectivity index (χ1n) is 2.49. The highest BCUT2D eigenvalue weighted by Crippen LogP contribution is 2.11. The maximum absolute atomic E-state index is 10.7. The van der Waals surface area contributed by atoms with Gasteiger partial charge in [0.05, 0.1) is 5.56 Å². The lowest BCUT2D eigenvalue weighted by atomic mass is 10.4. The van der Waals surface area contributed by atoms with Gasteiger partial charge in [0, 0.05) is 28.8 Å². The van der Waals surface area contributed by atoms with E-state index < -0.39 is 5.24 Å². The van der Waals surface area contributed by atoms with Gasteiger partial charge in [-0.2, -0.15) is 0 Å². The van der Waals surface area contributed by atoms with E-state index in [1.54, 1.807) is 0 Å². The minimum atomic E-state index is -0.522. The molecule has 58 valence electrons. The van der Waals surface area contributed by atoms with Crippen LogP contribution in [0.2, 0.25) is 0 Å². The van der Waals surface area contributed by atoms with Gasteiger partial charge in [-0.1, -0.05) is 0 Å². The monoisotopic (exact) mass is 394 g/mol. The van der Waals surface area contributed by atoms with Gasteiger partial charge in [-0.3, -0.25) is 4.79 Å². The third kappa shape index (κ3) is 2.48. The molecule has 0 amide bonds. The average Bonchev–Trinajstić information content (AvgIpc) is 1.85. The second kappa shape index (κ2) is 3.94. The van der Waals surface area contributed by atoms with Gasteiger partial charge in [0.25, 0.3) is 5.24 Å². The van der Waals surface area contributed by atoms with E-state index in [1.165, 1.54) is 6.20 Å². The van der Waals surface area contributed by atoms with E-state index >= 15 is 0 Å². The van der Waals surface area contributed by atoms with Crippen LogP contribution in [0.5, 0.6) is 0 Å². The van der Waals surface area contributed by atoms with Crippen LogP contribution in [-0.4, -0.2) is 15.2 Å². The Morgan fingerprint density at radius 3 is 2.64 bits per heavy atom. The molecule has 0 aliphatic carbocycles. The van der Waals surface area contributed by atoms with Crippen molar-refractivity contribution in [2.45, 2.75) is 0 Å². The van der Waals surface area contributed by atoms with Crippen LogP contribution < -0.4 is 0 Å². The highest BCUT2D eigenvalue weighted by Gasteiger charge is 2.08. The molecule has 1 aromatic rings. The summed E-state index contributed by atoms with van der Waals surface area (Å²) in [5.41, 5.74) is 0.354. The lowest BCUT2D eigenvalue weighted by molar-refractivity contribution is 0.108. The SMILES string of the molecule is O=C(Cl)c1cnc(I)nc1I. The van der Waals surface area contributed by atoms with Crippen LogP contribution >= 0.6 is 56.8 Å². The summed E-state index contributed by atoms with van der Waals surface area (Å²) in [6.45, 7) is 0. The highest BCUT2D eigenvalue weighted by molar-refractivity contribution is 14.1. The summed E-state index contributed by atoms with van der Waals surface area (Å²) in [5, 5.41) is -0.522. The molecule has 6 heteroatoms. The molecular weight excluding hydrogens is 393 g/mol. The molecule has 0 spiro atoms. The number of aromatic nitrogens is 2. The molecule has 0 atom stereocenters. The van der Waals surface area contributed by atoms with E-state index in [-0.39, 0.29) is 0 Å². The van der Waals surface area contributed by atoms with Crippen LogP contribution in [0.3, 0.4) is 0 Å². The highest BCUT2D eigenvalue weighted by atomic mass is 127. The topological polar surface area (TPSA) is 42.9 Å². The van der Waals surface area contributed by atoms with E-state index in [2.05, 4.69) is 9.97 Å². The molecular formula is C5HClI2N2O. The molecule has 1 aromatic heterocycles. The summed E-state index contributed by atoms with van der Waals surface area (Å²) >= 11 is 9.14. The van der Waals surface area contributed by atoms with E-state index in [0.29, 0.717) is 13.1 Å². The second-order valence-electron chi connectivity index (χ2n) is 1.62. The van der Waals surface area contributed by atoms with Crippen molar-refractivity contribution in [2.24, 2.45) is 0 Å². The zero-order valence-corrected chi connectivity index (χ0v) is 10.1. The predicted molar refractivity (Wildman–Crippen MR) is 57.6 cm³/mol. The standard InChI is InChI=1S/C5HClI2N2O/c6-3(11)2-1-9-5(8)10-4(2)7/h1H. The summed E-state index contributed by atoms with van der Waals surface area (Å²) in [6.07, 6.45) is 1.42. The summed E-state index contributed by atoms with van der Waals surface area (Å²) in [7, 11) is 0. The molecule has 0 bridgehead atoms. The van der Waals surface area contributed by atoms with Crippen LogP contribution in [0.25, 0.3) is 0 Å². The van der Waals surface area contributed by atoms with E-state index in [9.17, 15) is 4.79 Å². The molecule has 0 aliphatic heterocycles. The van der Waals surface area contributed by atoms with E-state index in [0.717, 1.165) is 0 Å². The smallest absolute Gasteiger partial charge is 0.256 e. The molecule has 0 unspecified atom stereocenters. The minimum Gasteiger partial charge on any atom is -0.275 e. The summed E-state index contributed by atoms with van der Waals surface area (Å²) < 4.78 is 1.19.